The van der Waals surface area contributed by atoms with Gasteiger partial charge in [0.05, 0.1) is 19.4 Å². The molecule has 10 heteroatoms. The van der Waals surface area contributed by atoms with Crippen LogP contribution in [0.5, 0.6) is 5.75 Å². The molecule has 2 heterocycles. The SMILES string of the molecule is COc1ccc(CC(=O)N[C@@H](CNC(=O)[C@@H]2CCCN(C(=O)CCC3CCNCC3)C2)C(=O)O)cc1. The Morgan fingerprint density at radius 1 is 1.14 bits per heavy atom. The molecular weight excluding hydrogens is 464 g/mol. The van der Waals surface area contributed by atoms with Crippen LogP contribution in [0.1, 0.15) is 44.1 Å². The molecule has 3 amide bonds. The first-order valence-electron chi connectivity index (χ1n) is 12.8. The number of benzene rings is 1. The normalized spacial score (nSPS) is 19.2. The second-order valence-corrected chi connectivity index (χ2v) is 9.64. The van der Waals surface area contributed by atoms with E-state index in [0.29, 0.717) is 43.2 Å². The van der Waals surface area contributed by atoms with Gasteiger partial charge in [0.1, 0.15) is 11.8 Å². The third-order valence-corrected chi connectivity index (χ3v) is 7.01. The molecular formula is C26H38N4O6. The molecule has 10 nitrogen and oxygen atoms in total. The second-order valence-electron chi connectivity index (χ2n) is 9.64. The van der Waals surface area contributed by atoms with Crippen LogP contribution >= 0.6 is 0 Å². The fourth-order valence-corrected chi connectivity index (χ4v) is 4.79. The van der Waals surface area contributed by atoms with E-state index in [-0.39, 0.29) is 30.7 Å². The summed E-state index contributed by atoms with van der Waals surface area (Å²) in [6.45, 7) is 2.78. The summed E-state index contributed by atoms with van der Waals surface area (Å²) in [6.07, 6.45) is 4.96. The van der Waals surface area contributed by atoms with Gasteiger partial charge in [-0.15, -0.1) is 0 Å². The Hall–Kier alpha value is -3.14. The molecule has 0 saturated carbocycles. The van der Waals surface area contributed by atoms with Crippen LogP contribution in [0.25, 0.3) is 0 Å². The summed E-state index contributed by atoms with van der Waals surface area (Å²) in [5.74, 6) is -1.03. The highest BCUT2D eigenvalue weighted by Gasteiger charge is 2.30. The average molecular weight is 503 g/mol. The Kier molecular flexibility index (Phi) is 10.5. The number of amides is 3. The van der Waals surface area contributed by atoms with Gasteiger partial charge in [0.2, 0.25) is 17.7 Å². The monoisotopic (exact) mass is 502 g/mol. The molecule has 0 spiro atoms. The van der Waals surface area contributed by atoms with Crippen LogP contribution in [-0.2, 0) is 25.6 Å². The first-order valence-corrected chi connectivity index (χ1v) is 12.8. The number of hydrogen-bond donors (Lipinski definition) is 4. The fourth-order valence-electron chi connectivity index (χ4n) is 4.79. The van der Waals surface area contributed by atoms with Gasteiger partial charge in [-0.05, 0) is 68.8 Å². The lowest BCUT2D eigenvalue weighted by molar-refractivity contribution is -0.141. The molecule has 0 aromatic heterocycles. The number of carboxylic acid groups (broad SMARTS) is 1. The van der Waals surface area contributed by atoms with E-state index < -0.39 is 17.9 Å². The van der Waals surface area contributed by atoms with Crippen molar-refractivity contribution in [1.29, 1.82) is 0 Å². The van der Waals surface area contributed by atoms with Crippen molar-refractivity contribution < 1.29 is 29.0 Å². The van der Waals surface area contributed by atoms with Gasteiger partial charge in [0, 0.05) is 26.1 Å². The van der Waals surface area contributed by atoms with Gasteiger partial charge in [0.25, 0.3) is 0 Å². The van der Waals surface area contributed by atoms with Crippen molar-refractivity contribution in [3.8, 4) is 5.75 Å². The van der Waals surface area contributed by atoms with E-state index in [4.69, 9.17) is 4.74 Å². The van der Waals surface area contributed by atoms with Crippen molar-refractivity contribution in [1.82, 2.24) is 20.9 Å². The number of methoxy groups -OCH3 is 1. The van der Waals surface area contributed by atoms with Crippen molar-refractivity contribution in [2.45, 2.75) is 51.0 Å². The lowest BCUT2D eigenvalue weighted by Crippen LogP contribution is -2.51. The van der Waals surface area contributed by atoms with E-state index in [2.05, 4.69) is 16.0 Å². The number of piperidine rings is 2. The van der Waals surface area contributed by atoms with E-state index in [9.17, 15) is 24.3 Å². The number of rotatable bonds is 11. The largest absolute Gasteiger partial charge is 0.497 e. The standard InChI is InChI=1S/C26H38N4O6/c1-36-21-7-4-19(5-8-21)15-23(31)29-22(26(34)35)16-28-25(33)20-3-2-14-30(17-20)24(32)9-6-18-10-12-27-13-11-18/h4-5,7-8,18,20,22,27H,2-3,6,9-17H2,1H3,(H,28,33)(H,29,31)(H,34,35)/t20-,22+/m1/s1. The molecule has 1 aromatic rings. The Balaban J connectivity index is 1.43. The Bertz CT molecular complexity index is 900. The van der Waals surface area contributed by atoms with Crippen LogP contribution in [-0.4, -0.2) is 79.6 Å². The van der Waals surface area contributed by atoms with Gasteiger partial charge in [-0.3, -0.25) is 14.4 Å². The number of aliphatic carboxylic acids is 1. The highest BCUT2D eigenvalue weighted by molar-refractivity contribution is 5.86. The molecule has 0 unspecified atom stereocenters. The lowest BCUT2D eigenvalue weighted by Gasteiger charge is -2.33. The predicted molar refractivity (Wildman–Crippen MR) is 133 cm³/mol. The molecule has 2 aliphatic rings. The lowest BCUT2D eigenvalue weighted by atomic mass is 9.92. The number of carbonyl (C=O) groups is 4. The highest BCUT2D eigenvalue weighted by atomic mass is 16.5. The van der Waals surface area contributed by atoms with Gasteiger partial charge in [-0.25, -0.2) is 4.79 Å². The summed E-state index contributed by atoms with van der Waals surface area (Å²) in [5, 5.41) is 18.0. The third-order valence-electron chi connectivity index (χ3n) is 7.01. The van der Waals surface area contributed by atoms with Crippen LogP contribution in [0.15, 0.2) is 24.3 Å². The van der Waals surface area contributed by atoms with E-state index in [1.807, 2.05) is 0 Å². The highest BCUT2D eigenvalue weighted by Crippen LogP contribution is 2.21. The zero-order valence-corrected chi connectivity index (χ0v) is 21.0. The molecule has 1 aromatic carbocycles. The molecule has 0 bridgehead atoms. The van der Waals surface area contributed by atoms with E-state index in [1.54, 1.807) is 36.3 Å². The fraction of sp³-hybridized carbons (Fsp3) is 0.615. The summed E-state index contributed by atoms with van der Waals surface area (Å²) >= 11 is 0. The zero-order valence-electron chi connectivity index (χ0n) is 21.0. The number of ether oxygens (including phenoxy) is 1. The smallest absolute Gasteiger partial charge is 0.328 e. The molecule has 36 heavy (non-hydrogen) atoms. The molecule has 4 N–H and O–H groups in total. The van der Waals surface area contributed by atoms with Crippen molar-refractivity contribution in [3.63, 3.8) is 0 Å². The number of carbonyl (C=O) groups excluding carboxylic acids is 3. The molecule has 0 radical (unpaired) electrons. The number of nitrogens with zero attached hydrogens (tertiary/aromatic N) is 1. The summed E-state index contributed by atoms with van der Waals surface area (Å²) in [6, 6.07) is 5.68. The first-order chi connectivity index (χ1) is 17.4. The Morgan fingerprint density at radius 2 is 1.86 bits per heavy atom. The van der Waals surface area contributed by atoms with Gasteiger partial charge >= 0.3 is 5.97 Å². The molecule has 3 rings (SSSR count). The number of likely N-dealkylation sites (tertiary alicyclic amines) is 1. The van der Waals surface area contributed by atoms with E-state index in [1.165, 1.54) is 0 Å². The minimum Gasteiger partial charge on any atom is -0.497 e. The minimum absolute atomic E-state index is 0.0127. The van der Waals surface area contributed by atoms with Crippen LogP contribution in [0, 0.1) is 11.8 Å². The van der Waals surface area contributed by atoms with Crippen molar-refractivity contribution in [3.05, 3.63) is 29.8 Å². The summed E-state index contributed by atoms with van der Waals surface area (Å²) < 4.78 is 5.09. The second kappa shape index (κ2) is 13.8. The van der Waals surface area contributed by atoms with Crippen LogP contribution in [0.2, 0.25) is 0 Å². The van der Waals surface area contributed by atoms with E-state index in [0.717, 1.165) is 38.8 Å². The molecule has 0 aliphatic carbocycles. The minimum atomic E-state index is -1.24. The first kappa shape index (κ1) is 27.4. The van der Waals surface area contributed by atoms with Crippen LogP contribution in [0.4, 0.5) is 0 Å². The molecule has 2 saturated heterocycles. The maximum atomic E-state index is 12.8. The van der Waals surface area contributed by atoms with E-state index >= 15 is 0 Å². The third kappa shape index (κ3) is 8.51. The number of hydrogen-bond acceptors (Lipinski definition) is 6. The summed E-state index contributed by atoms with van der Waals surface area (Å²) in [7, 11) is 1.55. The van der Waals surface area contributed by atoms with Crippen molar-refractivity contribution in [2.75, 3.05) is 39.8 Å². The van der Waals surface area contributed by atoms with Gasteiger partial charge < -0.3 is 30.7 Å². The summed E-state index contributed by atoms with van der Waals surface area (Å²) in [5.41, 5.74) is 0.716. The van der Waals surface area contributed by atoms with Gasteiger partial charge in [-0.1, -0.05) is 12.1 Å². The maximum absolute atomic E-state index is 12.8. The van der Waals surface area contributed by atoms with Gasteiger partial charge in [-0.2, -0.15) is 0 Å². The number of nitrogens with one attached hydrogen (secondary N) is 3. The quantitative estimate of drug-likeness (QED) is 0.353. The zero-order chi connectivity index (χ0) is 25.9. The Morgan fingerprint density at radius 3 is 2.53 bits per heavy atom. The average Bonchev–Trinajstić information content (AvgIpc) is 2.90. The molecule has 2 atom stereocenters. The molecule has 2 fully saturated rings. The predicted octanol–water partition coefficient (Wildman–Crippen LogP) is 0.942. The van der Waals surface area contributed by atoms with Crippen molar-refractivity contribution in [2.24, 2.45) is 11.8 Å². The van der Waals surface area contributed by atoms with Crippen LogP contribution < -0.4 is 20.7 Å². The van der Waals surface area contributed by atoms with Gasteiger partial charge in [0.15, 0.2) is 0 Å². The number of carboxylic acids is 1. The van der Waals surface area contributed by atoms with Crippen molar-refractivity contribution >= 4 is 23.7 Å². The Labute approximate surface area is 212 Å². The maximum Gasteiger partial charge on any atom is 0.328 e. The molecule has 2 aliphatic heterocycles. The topological polar surface area (TPSA) is 137 Å². The van der Waals surface area contributed by atoms with Crippen LogP contribution in [0.3, 0.4) is 0 Å². The summed E-state index contributed by atoms with van der Waals surface area (Å²) in [4.78, 5) is 51.3. The molecule has 198 valence electrons.